The molecule has 1 N–H and O–H groups in total. The van der Waals surface area contributed by atoms with Crippen molar-refractivity contribution in [1.29, 1.82) is 0 Å². The van der Waals surface area contributed by atoms with Crippen LogP contribution in [0, 0.1) is 0 Å². The van der Waals surface area contributed by atoms with Crippen LogP contribution in [0.3, 0.4) is 0 Å². The molecule has 0 bridgehead atoms. The van der Waals surface area contributed by atoms with Gasteiger partial charge in [0, 0.05) is 12.1 Å². The van der Waals surface area contributed by atoms with Crippen molar-refractivity contribution in [3.8, 4) is 0 Å². The van der Waals surface area contributed by atoms with Crippen LogP contribution in [0.15, 0.2) is 71.8 Å². The van der Waals surface area contributed by atoms with Gasteiger partial charge in [0.05, 0.1) is 5.69 Å². The molecule has 2 heteroatoms. The molecular weight excluding hydrogens is 232 g/mol. The van der Waals surface area contributed by atoms with Gasteiger partial charge in [-0.25, -0.2) is 0 Å². The first-order valence-electron chi connectivity index (χ1n) is 6.40. The summed E-state index contributed by atoms with van der Waals surface area (Å²) >= 11 is 0. The summed E-state index contributed by atoms with van der Waals surface area (Å²) in [6.45, 7) is 2.02. The first kappa shape index (κ1) is 13.1. The number of nitrogens with zero attached hydrogens (tertiary/aromatic N) is 1. The Morgan fingerprint density at radius 2 is 1.63 bits per heavy atom. The number of allylic oxidation sites excluding steroid dienone is 1. The summed E-state index contributed by atoms with van der Waals surface area (Å²) in [7, 11) is 0. The summed E-state index contributed by atoms with van der Waals surface area (Å²) in [5.74, 6) is 0. The van der Waals surface area contributed by atoms with Crippen molar-refractivity contribution in [3.63, 3.8) is 0 Å². The Hall–Kier alpha value is -2.35. The molecule has 96 valence electrons. The first-order valence-corrected chi connectivity index (χ1v) is 6.40. The third-order valence-electron chi connectivity index (χ3n) is 2.67. The number of para-hydroxylation sites is 1. The van der Waals surface area contributed by atoms with Gasteiger partial charge >= 0.3 is 0 Å². The van der Waals surface area contributed by atoms with Crippen molar-refractivity contribution in [1.82, 2.24) is 0 Å². The number of hydrogen-bond acceptors (Lipinski definition) is 2. The van der Waals surface area contributed by atoms with Gasteiger partial charge in [-0.05, 0) is 24.6 Å². The molecule has 0 atom stereocenters. The van der Waals surface area contributed by atoms with Crippen molar-refractivity contribution >= 4 is 17.5 Å². The maximum atomic E-state index is 4.34. The number of rotatable bonds is 5. The normalized spacial score (nSPS) is 11.7. The standard InChI is InChI=1S/C17H18N2/c1-15(18-19-17-13-6-3-7-14-17)9-8-12-16-10-4-2-5-11-16/h2-8,10-14,19H,9H2,1H3/b12-8+,18-15-. The van der Waals surface area contributed by atoms with Crippen LogP contribution in [0.25, 0.3) is 6.08 Å². The maximum absolute atomic E-state index is 4.34. The minimum atomic E-state index is 0.842. The molecule has 0 saturated heterocycles. The molecule has 0 heterocycles. The van der Waals surface area contributed by atoms with E-state index in [-0.39, 0.29) is 0 Å². The third-order valence-corrected chi connectivity index (χ3v) is 2.67. The van der Waals surface area contributed by atoms with Crippen LogP contribution >= 0.6 is 0 Å². The van der Waals surface area contributed by atoms with Gasteiger partial charge in [0.15, 0.2) is 0 Å². The summed E-state index contributed by atoms with van der Waals surface area (Å²) in [4.78, 5) is 0. The molecule has 0 saturated carbocycles. The molecule has 0 amide bonds. The monoisotopic (exact) mass is 250 g/mol. The van der Waals surface area contributed by atoms with Gasteiger partial charge in [-0.1, -0.05) is 60.7 Å². The van der Waals surface area contributed by atoms with E-state index in [0.29, 0.717) is 0 Å². The topological polar surface area (TPSA) is 24.4 Å². The molecule has 2 aromatic rings. The summed E-state index contributed by atoms with van der Waals surface area (Å²) in [5, 5.41) is 4.34. The average molecular weight is 250 g/mol. The van der Waals surface area contributed by atoms with Crippen molar-refractivity contribution in [3.05, 3.63) is 72.3 Å². The molecule has 2 aromatic carbocycles. The SMILES string of the molecule is C/C(C/C=C/c1ccccc1)=N/Nc1ccccc1. The van der Waals surface area contributed by atoms with E-state index in [1.807, 2.05) is 55.5 Å². The number of nitrogens with one attached hydrogen (secondary N) is 1. The minimum absolute atomic E-state index is 0.842. The van der Waals surface area contributed by atoms with Crippen LogP contribution < -0.4 is 5.43 Å². The minimum Gasteiger partial charge on any atom is -0.279 e. The number of hydrazone groups is 1. The highest BCUT2D eigenvalue weighted by molar-refractivity contribution is 5.84. The largest absolute Gasteiger partial charge is 0.279 e. The van der Waals surface area contributed by atoms with Gasteiger partial charge in [-0.3, -0.25) is 5.43 Å². The van der Waals surface area contributed by atoms with Gasteiger partial charge in [0.1, 0.15) is 0 Å². The van der Waals surface area contributed by atoms with Gasteiger partial charge in [-0.15, -0.1) is 0 Å². The zero-order valence-corrected chi connectivity index (χ0v) is 11.1. The lowest BCUT2D eigenvalue weighted by Gasteiger charge is -2.01. The van der Waals surface area contributed by atoms with Crippen LogP contribution in [-0.4, -0.2) is 5.71 Å². The smallest absolute Gasteiger partial charge is 0.0561 e. The summed E-state index contributed by atoms with van der Waals surface area (Å²) in [6, 6.07) is 20.2. The number of hydrogen-bond donors (Lipinski definition) is 1. The molecule has 2 rings (SSSR count). The van der Waals surface area contributed by atoms with Gasteiger partial charge in [-0.2, -0.15) is 5.10 Å². The molecule has 0 aliphatic heterocycles. The highest BCUT2D eigenvalue weighted by Crippen LogP contribution is 2.06. The highest BCUT2D eigenvalue weighted by Gasteiger charge is 1.90. The van der Waals surface area contributed by atoms with E-state index in [1.54, 1.807) is 0 Å². The van der Waals surface area contributed by atoms with Gasteiger partial charge in [0.2, 0.25) is 0 Å². The second-order valence-electron chi connectivity index (χ2n) is 4.34. The molecule has 2 nitrogen and oxygen atoms in total. The second kappa shape index (κ2) is 7.17. The molecule has 19 heavy (non-hydrogen) atoms. The predicted octanol–water partition coefficient (Wildman–Crippen LogP) is 4.58. The van der Waals surface area contributed by atoms with Crippen LogP contribution in [0.4, 0.5) is 5.69 Å². The van der Waals surface area contributed by atoms with Crippen LogP contribution in [0.1, 0.15) is 18.9 Å². The summed E-state index contributed by atoms with van der Waals surface area (Å²) in [6.07, 6.45) is 5.08. The summed E-state index contributed by atoms with van der Waals surface area (Å²) < 4.78 is 0. The van der Waals surface area contributed by atoms with Crippen molar-refractivity contribution in [2.45, 2.75) is 13.3 Å². The van der Waals surface area contributed by atoms with E-state index >= 15 is 0 Å². The van der Waals surface area contributed by atoms with Gasteiger partial charge < -0.3 is 0 Å². The average Bonchev–Trinajstić information content (AvgIpc) is 2.47. The molecule has 0 radical (unpaired) electrons. The van der Waals surface area contributed by atoms with Crippen LogP contribution in [0.5, 0.6) is 0 Å². The molecule has 0 aromatic heterocycles. The van der Waals surface area contributed by atoms with Crippen molar-refractivity contribution in [2.75, 3.05) is 5.43 Å². The predicted molar refractivity (Wildman–Crippen MR) is 83.3 cm³/mol. The van der Waals surface area contributed by atoms with E-state index in [4.69, 9.17) is 0 Å². The Kier molecular flexibility index (Phi) is 4.94. The Bertz CT molecular complexity index is 542. The fraction of sp³-hybridized carbons (Fsp3) is 0.118. The summed E-state index contributed by atoms with van der Waals surface area (Å²) in [5.41, 5.74) is 6.32. The third kappa shape index (κ3) is 4.80. The van der Waals surface area contributed by atoms with Crippen molar-refractivity contribution in [2.24, 2.45) is 5.10 Å². The Balaban J connectivity index is 1.84. The zero-order chi connectivity index (χ0) is 13.3. The Morgan fingerprint density at radius 1 is 1.00 bits per heavy atom. The maximum Gasteiger partial charge on any atom is 0.0561 e. The van der Waals surface area contributed by atoms with E-state index in [9.17, 15) is 0 Å². The highest BCUT2D eigenvalue weighted by atomic mass is 15.3. The van der Waals surface area contributed by atoms with Crippen LogP contribution in [0.2, 0.25) is 0 Å². The number of anilines is 1. The van der Waals surface area contributed by atoms with E-state index in [1.165, 1.54) is 5.56 Å². The van der Waals surface area contributed by atoms with Gasteiger partial charge in [0.25, 0.3) is 0 Å². The Morgan fingerprint density at radius 3 is 2.32 bits per heavy atom. The molecule has 0 fully saturated rings. The lowest BCUT2D eigenvalue weighted by Crippen LogP contribution is -1.95. The molecule has 0 spiro atoms. The quantitative estimate of drug-likeness (QED) is 0.609. The lowest BCUT2D eigenvalue weighted by atomic mass is 10.2. The number of benzene rings is 2. The van der Waals surface area contributed by atoms with E-state index < -0.39 is 0 Å². The zero-order valence-electron chi connectivity index (χ0n) is 11.1. The molecule has 0 aliphatic carbocycles. The second-order valence-corrected chi connectivity index (χ2v) is 4.34. The fourth-order valence-electron chi connectivity index (χ4n) is 1.65. The van der Waals surface area contributed by atoms with Crippen molar-refractivity contribution < 1.29 is 0 Å². The Labute approximate surface area is 114 Å². The van der Waals surface area contributed by atoms with Crippen LogP contribution in [-0.2, 0) is 0 Å². The first-order chi connectivity index (χ1) is 9.34. The van der Waals surface area contributed by atoms with E-state index in [2.05, 4.69) is 34.8 Å². The molecular formula is C17H18N2. The lowest BCUT2D eigenvalue weighted by molar-refractivity contribution is 1.28. The molecule has 0 unspecified atom stereocenters. The fourth-order valence-corrected chi connectivity index (χ4v) is 1.65. The molecule has 0 aliphatic rings. The van der Waals surface area contributed by atoms with E-state index in [0.717, 1.165) is 17.8 Å².